The topological polar surface area (TPSA) is 72.9 Å². The molecular weight excluding hydrogens is 266 g/mol. The van der Waals surface area contributed by atoms with Crippen LogP contribution in [-0.2, 0) is 4.79 Å². The lowest BCUT2D eigenvalue weighted by atomic mass is 10.3. The fraction of sp³-hybridized carbons (Fsp3) is 0.667. The first kappa shape index (κ1) is 15.7. The monoisotopic (exact) mass is 285 g/mol. The number of piperazine rings is 1. The van der Waals surface area contributed by atoms with Crippen molar-refractivity contribution in [1.29, 1.82) is 0 Å². The fourth-order valence-electron chi connectivity index (χ4n) is 1.77. The van der Waals surface area contributed by atoms with Gasteiger partial charge in [-0.1, -0.05) is 5.92 Å². The van der Waals surface area contributed by atoms with Gasteiger partial charge in [-0.3, -0.25) is 9.69 Å². The van der Waals surface area contributed by atoms with Gasteiger partial charge in [-0.25, -0.2) is 4.79 Å². The number of carbonyl (C=O) groups is 2. The Bertz CT molecular complexity index is 349. The number of aliphatic carboxylic acids is 1. The van der Waals surface area contributed by atoms with Gasteiger partial charge in [0, 0.05) is 38.5 Å². The predicted octanol–water partition coefficient (Wildman–Crippen LogP) is -0.235. The number of carbonyl (C=O) groups excluding carboxylic acids is 1. The van der Waals surface area contributed by atoms with E-state index in [0.717, 1.165) is 5.75 Å². The summed E-state index contributed by atoms with van der Waals surface area (Å²) in [6.07, 6.45) is 5.12. The van der Waals surface area contributed by atoms with Crippen molar-refractivity contribution in [2.24, 2.45) is 0 Å². The molecule has 19 heavy (non-hydrogen) atoms. The quantitative estimate of drug-likeness (QED) is 0.521. The van der Waals surface area contributed by atoms with Gasteiger partial charge in [0.1, 0.15) is 0 Å². The number of thioether (sulfide) groups is 1. The molecule has 2 amide bonds. The van der Waals surface area contributed by atoms with Crippen LogP contribution in [0.3, 0.4) is 0 Å². The van der Waals surface area contributed by atoms with Gasteiger partial charge < -0.3 is 15.3 Å². The number of hydrogen-bond acceptors (Lipinski definition) is 4. The molecule has 0 saturated carbocycles. The number of rotatable bonds is 6. The minimum absolute atomic E-state index is 0.0399. The highest BCUT2D eigenvalue weighted by Gasteiger charge is 2.21. The summed E-state index contributed by atoms with van der Waals surface area (Å²) in [4.78, 5) is 25.9. The zero-order valence-corrected chi connectivity index (χ0v) is 11.6. The number of amides is 2. The molecule has 0 aliphatic carbocycles. The number of terminal acetylenes is 1. The Morgan fingerprint density at radius 3 is 2.58 bits per heavy atom. The van der Waals surface area contributed by atoms with Crippen LogP contribution in [0.1, 0.15) is 0 Å². The minimum atomic E-state index is -0.830. The summed E-state index contributed by atoms with van der Waals surface area (Å²) in [5.74, 6) is 3.15. The smallest absolute Gasteiger partial charge is 0.317 e. The largest absolute Gasteiger partial charge is 0.480 e. The Morgan fingerprint density at radius 1 is 1.32 bits per heavy atom. The van der Waals surface area contributed by atoms with Crippen LogP contribution in [0.25, 0.3) is 0 Å². The summed E-state index contributed by atoms with van der Waals surface area (Å²) in [5.41, 5.74) is 0. The highest BCUT2D eigenvalue weighted by atomic mass is 32.2. The van der Waals surface area contributed by atoms with Crippen LogP contribution in [0.5, 0.6) is 0 Å². The lowest BCUT2D eigenvalue weighted by Crippen LogP contribution is -2.52. The van der Waals surface area contributed by atoms with E-state index < -0.39 is 5.97 Å². The molecule has 0 unspecified atom stereocenters. The summed E-state index contributed by atoms with van der Waals surface area (Å²) in [7, 11) is 0. The number of carboxylic acid groups (broad SMARTS) is 1. The Morgan fingerprint density at radius 2 is 2.00 bits per heavy atom. The van der Waals surface area contributed by atoms with E-state index in [9.17, 15) is 9.59 Å². The third kappa shape index (κ3) is 6.36. The van der Waals surface area contributed by atoms with Gasteiger partial charge in [-0.2, -0.15) is 0 Å². The molecule has 0 spiro atoms. The zero-order chi connectivity index (χ0) is 14.1. The normalized spacial score (nSPS) is 15.8. The molecule has 6 nitrogen and oxygen atoms in total. The zero-order valence-electron chi connectivity index (χ0n) is 10.8. The highest BCUT2D eigenvalue weighted by molar-refractivity contribution is 7.99. The molecule has 2 N–H and O–H groups in total. The van der Waals surface area contributed by atoms with Crippen molar-refractivity contribution >= 4 is 23.8 Å². The molecule has 0 radical (unpaired) electrons. The summed E-state index contributed by atoms with van der Waals surface area (Å²) in [6, 6.07) is -0.0868. The Hall–Kier alpha value is -1.39. The van der Waals surface area contributed by atoms with Crippen molar-refractivity contribution in [3.8, 4) is 12.3 Å². The van der Waals surface area contributed by atoms with Crippen LogP contribution in [0, 0.1) is 12.3 Å². The molecule has 0 aromatic rings. The van der Waals surface area contributed by atoms with Crippen LogP contribution in [0.15, 0.2) is 0 Å². The second-order valence-electron chi connectivity index (χ2n) is 4.15. The van der Waals surface area contributed by atoms with E-state index in [1.807, 2.05) is 4.90 Å². The number of hydrogen-bond donors (Lipinski definition) is 2. The van der Waals surface area contributed by atoms with E-state index >= 15 is 0 Å². The molecule has 0 bridgehead atoms. The second kappa shape index (κ2) is 8.67. The Balaban J connectivity index is 2.15. The van der Waals surface area contributed by atoms with E-state index in [4.69, 9.17) is 11.5 Å². The molecule has 7 heteroatoms. The number of nitrogens with zero attached hydrogens (tertiary/aromatic N) is 2. The molecule has 1 saturated heterocycles. The van der Waals surface area contributed by atoms with Crippen molar-refractivity contribution in [3.05, 3.63) is 0 Å². The molecular formula is C12H19N3O3S. The molecule has 0 aromatic heterocycles. The number of nitrogens with one attached hydrogen (secondary N) is 1. The standard InChI is InChI=1S/C12H19N3O3S/c1-2-8-19-9-3-13-12(18)15-6-4-14(5-7-15)10-11(16)17/h1H,3-10H2,(H,13,18)(H,16,17). The van der Waals surface area contributed by atoms with E-state index in [-0.39, 0.29) is 12.6 Å². The molecule has 1 heterocycles. The average molecular weight is 285 g/mol. The summed E-state index contributed by atoms with van der Waals surface area (Å²) in [5, 5.41) is 11.5. The van der Waals surface area contributed by atoms with E-state index in [1.54, 1.807) is 16.7 Å². The highest BCUT2D eigenvalue weighted by Crippen LogP contribution is 2.02. The SMILES string of the molecule is C#CCSCCNC(=O)N1CCN(CC(=O)O)CC1. The minimum Gasteiger partial charge on any atom is -0.480 e. The number of carboxylic acids is 1. The van der Waals surface area contributed by atoms with E-state index in [0.29, 0.717) is 38.5 Å². The third-order valence-corrected chi connectivity index (χ3v) is 3.59. The van der Waals surface area contributed by atoms with Crippen LogP contribution < -0.4 is 5.32 Å². The lowest BCUT2D eigenvalue weighted by molar-refractivity contribution is -0.138. The van der Waals surface area contributed by atoms with Crippen molar-refractivity contribution in [2.75, 3.05) is 50.8 Å². The predicted molar refractivity (Wildman–Crippen MR) is 75.2 cm³/mol. The van der Waals surface area contributed by atoms with Gasteiger partial charge in [0.2, 0.25) is 0 Å². The first-order valence-corrected chi connectivity index (χ1v) is 7.27. The van der Waals surface area contributed by atoms with Crippen molar-refractivity contribution < 1.29 is 14.7 Å². The third-order valence-electron chi connectivity index (χ3n) is 2.73. The van der Waals surface area contributed by atoms with Gasteiger partial charge in [0.15, 0.2) is 0 Å². The molecule has 1 aliphatic rings. The second-order valence-corrected chi connectivity index (χ2v) is 5.25. The van der Waals surface area contributed by atoms with Gasteiger partial charge >= 0.3 is 12.0 Å². The van der Waals surface area contributed by atoms with Gasteiger partial charge in [-0.05, 0) is 0 Å². The molecule has 106 valence electrons. The molecule has 0 aromatic carbocycles. The van der Waals surface area contributed by atoms with Gasteiger partial charge in [0.05, 0.1) is 12.3 Å². The summed E-state index contributed by atoms with van der Waals surface area (Å²) < 4.78 is 0. The number of urea groups is 1. The van der Waals surface area contributed by atoms with Gasteiger partial charge in [-0.15, -0.1) is 18.2 Å². The maximum absolute atomic E-state index is 11.8. The fourth-order valence-corrected chi connectivity index (χ4v) is 2.28. The average Bonchev–Trinajstić information content (AvgIpc) is 2.38. The van der Waals surface area contributed by atoms with Crippen LogP contribution in [0.4, 0.5) is 4.79 Å². The Kier molecular flexibility index (Phi) is 7.15. The molecule has 1 aliphatic heterocycles. The Labute approximate surface area is 117 Å². The first-order chi connectivity index (χ1) is 9.13. The molecule has 0 atom stereocenters. The molecule has 1 fully saturated rings. The molecule has 1 rings (SSSR count). The van der Waals surface area contributed by atoms with E-state index in [1.165, 1.54) is 0 Å². The van der Waals surface area contributed by atoms with E-state index in [2.05, 4.69) is 11.2 Å². The van der Waals surface area contributed by atoms with Crippen molar-refractivity contribution in [2.45, 2.75) is 0 Å². The lowest BCUT2D eigenvalue weighted by Gasteiger charge is -2.33. The van der Waals surface area contributed by atoms with Gasteiger partial charge in [0.25, 0.3) is 0 Å². The summed E-state index contributed by atoms with van der Waals surface area (Å²) >= 11 is 1.61. The first-order valence-electron chi connectivity index (χ1n) is 6.11. The van der Waals surface area contributed by atoms with Crippen molar-refractivity contribution in [3.63, 3.8) is 0 Å². The maximum Gasteiger partial charge on any atom is 0.317 e. The maximum atomic E-state index is 11.8. The summed E-state index contributed by atoms with van der Waals surface area (Å²) in [6.45, 7) is 2.98. The van der Waals surface area contributed by atoms with Crippen LogP contribution in [-0.4, -0.2) is 77.7 Å². The van der Waals surface area contributed by atoms with Crippen LogP contribution >= 0.6 is 11.8 Å². The van der Waals surface area contributed by atoms with Crippen LogP contribution in [0.2, 0.25) is 0 Å². The van der Waals surface area contributed by atoms with Crippen molar-refractivity contribution in [1.82, 2.24) is 15.1 Å².